The van der Waals surface area contributed by atoms with E-state index in [1.54, 1.807) is 11.8 Å². The lowest BCUT2D eigenvalue weighted by Crippen LogP contribution is -2.60. The van der Waals surface area contributed by atoms with Gasteiger partial charge in [-0.15, -0.1) is 11.8 Å². The van der Waals surface area contributed by atoms with E-state index in [1.807, 2.05) is 34.5 Å². The molecule has 1 saturated heterocycles. The first kappa shape index (κ1) is 20.3. The van der Waals surface area contributed by atoms with E-state index in [0.717, 1.165) is 12.8 Å². The zero-order valence-electron chi connectivity index (χ0n) is 15.6. The molecule has 1 aliphatic rings. The molecule has 1 heterocycles. The minimum absolute atomic E-state index is 0.0681. The fourth-order valence-electron chi connectivity index (χ4n) is 3.12. The Hall–Kier alpha value is -0.775. The van der Waals surface area contributed by atoms with Crippen molar-refractivity contribution in [1.29, 1.82) is 0 Å². The van der Waals surface area contributed by atoms with Crippen LogP contribution in [0.5, 0.6) is 0 Å². The van der Waals surface area contributed by atoms with Crippen LogP contribution >= 0.6 is 11.8 Å². The molecule has 2 unspecified atom stereocenters. The van der Waals surface area contributed by atoms with Crippen LogP contribution < -0.4 is 0 Å². The third-order valence-corrected chi connectivity index (χ3v) is 6.70. The molecule has 6 heteroatoms. The number of imide groups is 1. The van der Waals surface area contributed by atoms with Crippen molar-refractivity contribution in [3.63, 3.8) is 0 Å². The minimum Gasteiger partial charge on any atom is -0.311 e. The summed E-state index contributed by atoms with van der Waals surface area (Å²) in [6, 6.07) is 0. The second-order valence-electron chi connectivity index (χ2n) is 7.46. The van der Waals surface area contributed by atoms with E-state index < -0.39 is 11.0 Å². The fraction of sp³-hybridized carbons (Fsp3) is 0.824. The highest BCUT2D eigenvalue weighted by Crippen LogP contribution is 2.41. The van der Waals surface area contributed by atoms with Gasteiger partial charge in [-0.1, -0.05) is 40.9 Å². The van der Waals surface area contributed by atoms with Gasteiger partial charge >= 0.3 is 0 Å². The van der Waals surface area contributed by atoms with Crippen LogP contribution in [0, 0.1) is 5.41 Å². The Morgan fingerprint density at radius 3 is 2.39 bits per heavy atom. The Bertz CT molecular complexity index is 490. The zero-order chi connectivity index (χ0) is 18.0. The SMILES string of the molecule is CBC(=O)C(C)(C)C(C)(C)N1C(=O)CC(SC(C)CCC)C1=O. The fourth-order valence-corrected chi connectivity index (χ4v) is 4.51. The topological polar surface area (TPSA) is 54.5 Å². The van der Waals surface area contributed by atoms with Gasteiger partial charge < -0.3 is 4.79 Å². The Labute approximate surface area is 145 Å². The quantitative estimate of drug-likeness (QED) is 0.504. The Morgan fingerprint density at radius 2 is 1.91 bits per heavy atom. The summed E-state index contributed by atoms with van der Waals surface area (Å²) >= 11 is 1.59. The van der Waals surface area contributed by atoms with Crippen LogP contribution in [0.15, 0.2) is 0 Å². The number of carbonyl (C=O) groups is 3. The molecule has 0 aromatic rings. The van der Waals surface area contributed by atoms with E-state index in [-0.39, 0.29) is 29.2 Å². The van der Waals surface area contributed by atoms with Crippen molar-refractivity contribution in [2.75, 3.05) is 0 Å². The monoisotopic (exact) mass is 339 g/mol. The van der Waals surface area contributed by atoms with Crippen molar-refractivity contribution in [3.8, 4) is 0 Å². The van der Waals surface area contributed by atoms with Gasteiger partial charge in [-0.3, -0.25) is 14.5 Å². The van der Waals surface area contributed by atoms with Gasteiger partial charge in [-0.05, 0) is 20.3 Å². The number of amides is 2. The predicted molar refractivity (Wildman–Crippen MR) is 98.1 cm³/mol. The number of carbonyl (C=O) groups excluding carboxylic acids is 3. The van der Waals surface area contributed by atoms with Crippen molar-refractivity contribution < 1.29 is 14.4 Å². The van der Waals surface area contributed by atoms with E-state index in [9.17, 15) is 14.4 Å². The number of nitrogens with zero attached hydrogens (tertiary/aromatic N) is 1. The molecule has 1 rings (SSSR count). The van der Waals surface area contributed by atoms with Gasteiger partial charge in [0, 0.05) is 17.1 Å². The average Bonchev–Trinajstić information content (AvgIpc) is 2.72. The molecule has 0 N–H and O–H groups in total. The summed E-state index contributed by atoms with van der Waals surface area (Å²) in [6.07, 6.45) is 2.35. The van der Waals surface area contributed by atoms with Crippen LogP contribution in [0.25, 0.3) is 0 Å². The lowest BCUT2D eigenvalue weighted by atomic mass is 9.57. The summed E-state index contributed by atoms with van der Waals surface area (Å²) in [7, 11) is 0.401. The molecule has 2 amide bonds. The van der Waals surface area contributed by atoms with Gasteiger partial charge in [0.2, 0.25) is 19.1 Å². The maximum atomic E-state index is 12.8. The number of rotatable bonds is 8. The standard InChI is InChI=1S/C17H30BNO3S/c1-8-9-11(2)23-12-10-13(20)19(14(12)21)17(5,6)16(3,4)15(22)18-7/h11-12,18H,8-10H2,1-7H3. The highest BCUT2D eigenvalue weighted by atomic mass is 32.2. The van der Waals surface area contributed by atoms with Gasteiger partial charge in [-0.2, -0.15) is 0 Å². The van der Waals surface area contributed by atoms with E-state index in [2.05, 4.69) is 13.8 Å². The second-order valence-corrected chi connectivity index (χ2v) is 9.10. The third kappa shape index (κ3) is 3.84. The second kappa shape index (κ2) is 7.41. The minimum atomic E-state index is -0.822. The van der Waals surface area contributed by atoms with Crippen LogP contribution in [0.3, 0.4) is 0 Å². The maximum Gasteiger partial charge on any atom is 0.243 e. The number of thioether (sulfide) groups is 1. The van der Waals surface area contributed by atoms with Crippen molar-refractivity contribution >= 4 is 36.5 Å². The Kier molecular flexibility index (Phi) is 6.53. The van der Waals surface area contributed by atoms with E-state index >= 15 is 0 Å². The lowest BCUT2D eigenvalue weighted by molar-refractivity contribution is -0.151. The van der Waals surface area contributed by atoms with Crippen LogP contribution in [0.2, 0.25) is 6.82 Å². The van der Waals surface area contributed by atoms with E-state index in [1.165, 1.54) is 4.90 Å². The van der Waals surface area contributed by atoms with Crippen molar-refractivity contribution in [3.05, 3.63) is 0 Å². The summed E-state index contributed by atoms with van der Waals surface area (Å²) in [6.45, 7) is 13.4. The average molecular weight is 339 g/mol. The molecule has 0 spiro atoms. The van der Waals surface area contributed by atoms with Crippen LogP contribution in [-0.4, -0.2) is 45.7 Å². The summed E-state index contributed by atoms with van der Waals surface area (Å²) in [5.74, 6) is -0.289. The zero-order valence-corrected chi connectivity index (χ0v) is 16.4. The molecule has 130 valence electrons. The molecule has 0 bridgehead atoms. The van der Waals surface area contributed by atoms with Crippen LogP contribution in [-0.2, 0) is 14.4 Å². The normalized spacial score (nSPS) is 20.8. The molecule has 0 radical (unpaired) electrons. The molecule has 2 atom stereocenters. The molecule has 23 heavy (non-hydrogen) atoms. The highest BCUT2D eigenvalue weighted by Gasteiger charge is 2.54. The molecule has 0 aromatic carbocycles. The first-order valence-electron chi connectivity index (χ1n) is 8.56. The molecule has 0 saturated carbocycles. The third-order valence-electron chi connectivity index (χ3n) is 5.30. The van der Waals surface area contributed by atoms with Gasteiger partial charge in [0.1, 0.15) is 0 Å². The van der Waals surface area contributed by atoms with Gasteiger partial charge in [0.05, 0.1) is 16.5 Å². The van der Waals surface area contributed by atoms with Gasteiger partial charge in [0.25, 0.3) is 0 Å². The summed E-state index contributed by atoms with van der Waals surface area (Å²) in [5, 5.41) is 0.0472. The molecule has 4 nitrogen and oxygen atoms in total. The predicted octanol–water partition coefficient (Wildman–Crippen LogP) is 2.85. The smallest absolute Gasteiger partial charge is 0.243 e. The molecular weight excluding hydrogens is 309 g/mol. The highest BCUT2D eigenvalue weighted by molar-refractivity contribution is 8.01. The summed E-state index contributed by atoms with van der Waals surface area (Å²) < 4.78 is 0. The molecule has 1 aliphatic heterocycles. The summed E-state index contributed by atoms with van der Waals surface area (Å²) in [4.78, 5) is 39.1. The first-order valence-corrected chi connectivity index (χ1v) is 9.50. The molecule has 1 fully saturated rings. The number of hydrogen-bond donors (Lipinski definition) is 0. The van der Waals surface area contributed by atoms with Gasteiger partial charge in [-0.25, -0.2) is 0 Å². The first-order chi connectivity index (χ1) is 10.5. The van der Waals surface area contributed by atoms with Crippen LogP contribution in [0.1, 0.15) is 60.8 Å². The van der Waals surface area contributed by atoms with Gasteiger partial charge in [0.15, 0.2) is 0 Å². The summed E-state index contributed by atoms with van der Waals surface area (Å²) in [5.41, 5.74) is -1.52. The number of hydrogen-bond acceptors (Lipinski definition) is 4. The molecular formula is C17H30BNO3S. The largest absolute Gasteiger partial charge is 0.311 e. The Morgan fingerprint density at radius 1 is 1.35 bits per heavy atom. The van der Waals surface area contributed by atoms with Crippen molar-refractivity contribution in [2.45, 2.75) is 83.7 Å². The van der Waals surface area contributed by atoms with E-state index in [4.69, 9.17) is 0 Å². The van der Waals surface area contributed by atoms with Crippen molar-refractivity contribution in [2.24, 2.45) is 5.41 Å². The van der Waals surface area contributed by atoms with E-state index in [0.29, 0.717) is 12.5 Å². The van der Waals surface area contributed by atoms with Crippen molar-refractivity contribution in [1.82, 2.24) is 4.90 Å². The number of likely N-dealkylation sites (tertiary alicyclic amines) is 1. The molecule has 0 aliphatic carbocycles. The Balaban J connectivity index is 3.02. The maximum absolute atomic E-state index is 12.8. The lowest BCUT2D eigenvalue weighted by Gasteiger charge is -2.46. The van der Waals surface area contributed by atoms with Crippen LogP contribution in [0.4, 0.5) is 0 Å². The molecule has 0 aromatic heterocycles.